The second-order valence-corrected chi connectivity index (χ2v) is 5.93. The smallest absolute Gasteiger partial charge is 0.239 e. The van der Waals surface area contributed by atoms with Crippen molar-refractivity contribution < 1.29 is 4.79 Å². The Kier molecular flexibility index (Phi) is 11.6. The van der Waals surface area contributed by atoms with Crippen LogP contribution in [0, 0.1) is 0 Å². The number of nitrogens with zero attached hydrogens (tertiary/aromatic N) is 3. The Labute approximate surface area is 162 Å². The van der Waals surface area contributed by atoms with Crippen molar-refractivity contribution in [2.75, 3.05) is 32.7 Å². The Bertz CT molecular complexity index is 464. The van der Waals surface area contributed by atoms with Gasteiger partial charge in [0, 0.05) is 38.9 Å². The lowest BCUT2D eigenvalue weighted by molar-refractivity contribution is -0.135. The Balaban J connectivity index is 0.00000176. The van der Waals surface area contributed by atoms with E-state index in [9.17, 15) is 4.79 Å². The van der Waals surface area contributed by atoms with Crippen LogP contribution in [0.5, 0.6) is 0 Å². The van der Waals surface area contributed by atoms with Gasteiger partial charge in [0.05, 0.1) is 11.7 Å². The molecule has 2 fully saturated rings. The fraction of sp³-hybridized carbons (Fsp3) is 0.625. The normalized spacial score (nSPS) is 21.0. The van der Waals surface area contributed by atoms with E-state index >= 15 is 0 Å². The summed E-state index contributed by atoms with van der Waals surface area (Å²) in [6, 6.07) is 6.08. The lowest BCUT2D eigenvalue weighted by Gasteiger charge is -2.37. The van der Waals surface area contributed by atoms with Crippen molar-refractivity contribution in [1.82, 2.24) is 20.1 Å². The minimum absolute atomic E-state index is 0. The SMILES string of the molecule is Cl.Cl.Cl.O=C(C1CCCCN1)N1CCN(Cc2ccccn2)CC1. The summed E-state index contributed by atoms with van der Waals surface area (Å²) in [5.74, 6) is 0.298. The molecule has 5 nitrogen and oxygen atoms in total. The maximum absolute atomic E-state index is 12.5. The van der Waals surface area contributed by atoms with E-state index in [0.29, 0.717) is 5.91 Å². The number of piperazine rings is 1. The van der Waals surface area contributed by atoms with Crippen molar-refractivity contribution in [2.24, 2.45) is 0 Å². The summed E-state index contributed by atoms with van der Waals surface area (Å²) in [5, 5.41) is 3.35. The molecule has 0 bridgehead atoms. The van der Waals surface area contributed by atoms with Gasteiger partial charge < -0.3 is 10.2 Å². The maximum Gasteiger partial charge on any atom is 0.239 e. The van der Waals surface area contributed by atoms with Gasteiger partial charge in [0.25, 0.3) is 0 Å². The van der Waals surface area contributed by atoms with Gasteiger partial charge in [-0.1, -0.05) is 12.5 Å². The zero-order valence-electron chi connectivity index (χ0n) is 13.7. The third-order valence-electron chi connectivity index (χ3n) is 4.40. The molecule has 0 aromatic carbocycles. The van der Waals surface area contributed by atoms with Crippen LogP contribution in [0.2, 0.25) is 0 Å². The molecule has 24 heavy (non-hydrogen) atoms. The van der Waals surface area contributed by atoms with E-state index in [-0.39, 0.29) is 43.3 Å². The first-order chi connectivity index (χ1) is 10.3. The van der Waals surface area contributed by atoms with Crippen molar-refractivity contribution >= 4 is 43.1 Å². The number of amides is 1. The Morgan fingerprint density at radius 1 is 1.12 bits per heavy atom. The highest BCUT2D eigenvalue weighted by Gasteiger charge is 2.28. The molecule has 2 aliphatic heterocycles. The van der Waals surface area contributed by atoms with Crippen LogP contribution in [-0.2, 0) is 11.3 Å². The zero-order chi connectivity index (χ0) is 14.5. The van der Waals surface area contributed by atoms with Gasteiger partial charge in [-0.2, -0.15) is 0 Å². The van der Waals surface area contributed by atoms with Gasteiger partial charge in [0.2, 0.25) is 5.91 Å². The summed E-state index contributed by atoms with van der Waals surface area (Å²) in [6.45, 7) is 5.42. The van der Waals surface area contributed by atoms with Crippen LogP contribution in [0.25, 0.3) is 0 Å². The number of aromatic nitrogens is 1. The van der Waals surface area contributed by atoms with Gasteiger partial charge in [-0.05, 0) is 31.5 Å². The Morgan fingerprint density at radius 2 is 1.88 bits per heavy atom. The van der Waals surface area contributed by atoms with Crippen LogP contribution in [0.15, 0.2) is 24.4 Å². The maximum atomic E-state index is 12.5. The lowest BCUT2D eigenvalue weighted by atomic mass is 10.0. The van der Waals surface area contributed by atoms with Gasteiger partial charge in [0.15, 0.2) is 0 Å². The van der Waals surface area contributed by atoms with Crippen LogP contribution in [0.3, 0.4) is 0 Å². The molecule has 1 unspecified atom stereocenters. The highest BCUT2D eigenvalue weighted by Crippen LogP contribution is 2.12. The molecule has 138 valence electrons. The molecular formula is C16H27Cl3N4O. The minimum atomic E-state index is 0. The number of carbonyl (C=O) groups is 1. The number of carbonyl (C=O) groups excluding carboxylic acids is 1. The van der Waals surface area contributed by atoms with E-state index in [0.717, 1.165) is 51.4 Å². The lowest BCUT2D eigenvalue weighted by Crippen LogP contribution is -2.54. The van der Waals surface area contributed by atoms with E-state index < -0.39 is 0 Å². The zero-order valence-corrected chi connectivity index (χ0v) is 16.2. The van der Waals surface area contributed by atoms with Crippen LogP contribution >= 0.6 is 37.2 Å². The number of piperidine rings is 1. The van der Waals surface area contributed by atoms with Gasteiger partial charge >= 0.3 is 0 Å². The van der Waals surface area contributed by atoms with E-state index in [1.165, 1.54) is 12.8 Å². The van der Waals surface area contributed by atoms with Crippen LogP contribution in [-0.4, -0.2) is 59.5 Å². The molecule has 0 aliphatic carbocycles. The van der Waals surface area contributed by atoms with Crippen LogP contribution in [0.4, 0.5) is 0 Å². The van der Waals surface area contributed by atoms with Crippen molar-refractivity contribution in [3.63, 3.8) is 0 Å². The summed E-state index contributed by atoms with van der Waals surface area (Å²) in [7, 11) is 0. The van der Waals surface area contributed by atoms with Gasteiger partial charge in [-0.25, -0.2) is 0 Å². The van der Waals surface area contributed by atoms with Crippen molar-refractivity contribution in [3.8, 4) is 0 Å². The molecule has 0 saturated carbocycles. The van der Waals surface area contributed by atoms with Crippen LogP contribution < -0.4 is 5.32 Å². The average molecular weight is 398 g/mol. The topological polar surface area (TPSA) is 48.5 Å². The van der Waals surface area contributed by atoms with Crippen molar-refractivity contribution in [3.05, 3.63) is 30.1 Å². The average Bonchev–Trinajstić information content (AvgIpc) is 2.57. The summed E-state index contributed by atoms with van der Waals surface area (Å²) >= 11 is 0. The molecular weight excluding hydrogens is 371 g/mol. The number of hydrogen-bond donors (Lipinski definition) is 1. The first-order valence-corrected chi connectivity index (χ1v) is 7.97. The Hall–Kier alpha value is -0.590. The molecule has 2 saturated heterocycles. The van der Waals surface area contributed by atoms with E-state index in [1.54, 1.807) is 0 Å². The number of rotatable bonds is 3. The molecule has 1 aromatic rings. The predicted molar refractivity (Wildman–Crippen MR) is 103 cm³/mol. The molecule has 1 atom stereocenters. The summed E-state index contributed by atoms with van der Waals surface area (Å²) in [4.78, 5) is 21.2. The van der Waals surface area contributed by atoms with Crippen LogP contribution in [0.1, 0.15) is 25.0 Å². The number of nitrogens with one attached hydrogen (secondary N) is 1. The van der Waals surface area contributed by atoms with Gasteiger partial charge in [-0.15, -0.1) is 37.2 Å². The molecule has 1 aromatic heterocycles. The Morgan fingerprint density at radius 3 is 2.46 bits per heavy atom. The molecule has 3 heterocycles. The summed E-state index contributed by atoms with van der Waals surface area (Å²) in [6.07, 6.45) is 5.20. The number of hydrogen-bond acceptors (Lipinski definition) is 4. The second-order valence-electron chi connectivity index (χ2n) is 5.93. The third-order valence-corrected chi connectivity index (χ3v) is 4.40. The largest absolute Gasteiger partial charge is 0.339 e. The minimum Gasteiger partial charge on any atom is -0.339 e. The first-order valence-electron chi connectivity index (χ1n) is 7.97. The molecule has 2 aliphatic rings. The predicted octanol–water partition coefficient (Wildman–Crippen LogP) is 2.13. The third kappa shape index (κ3) is 6.37. The second kappa shape index (κ2) is 11.9. The standard InChI is InChI=1S/C16H24N4O.3ClH/c21-16(15-6-2-4-8-18-15)20-11-9-19(10-12-20)13-14-5-1-3-7-17-14;;;/h1,3,5,7,15,18H,2,4,6,8-13H2;3*1H. The van der Waals surface area contributed by atoms with E-state index in [1.807, 2.05) is 23.2 Å². The van der Waals surface area contributed by atoms with Crippen molar-refractivity contribution in [1.29, 1.82) is 0 Å². The highest BCUT2D eigenvalue weighted by atomic mass is 35.5. The quantitative estimate of drug-likeness (QED) is 0.849. The molecule has 0 spiro atoms. The molecule has 1 amide bonds. The fourth-order valence-corrected chi connectivity index (χ4v) is 3.13. The highest BCUT2D eigenvalue weighted by molar-refractivity contribution is 5.86. The molecule has 8 heteroatoms. The fourth-order valence-electron chi connectivity index (χ4n) is 3.13. The summed E-state index contributed by atoms with van der Waals surface area (Å²) < 4.78 is 0. The molecule has 3 rings (SSSR count). The van der Waals surface area contributed by atoms with E-state index in [4.69, 9.17) is 0 Å². The number of pyridine rings is 1. The monoisotopic (exact) mass is 396 g/mol. The first kappa shape index (κ1) is 23.4. The number of halogens is 3. The van der Waals surface area contributed by atoms with E-state index in [2.05, 4.69) is 21.3 Å². The molecule has 0 radical (unpaired) electrons. The van der Waals surface area contributed by atoms with Gasteiger partial charge in [-0.3, -0.25) is 14.7 Å². The molecule has 1 N–H and O–H groups in total. The summed E-state index contributed by atoms with van der Waals surface area (Å²) in [5.41, 5.74) is 1.10. The van der Waals surface area contributed by atoms with Crippen molar-refractivity contribution in [2.45, 2.75) is 31.8 Å². The van der Waals surface area contributed by atoms with Gasteiger partial charge in [0.1, 0.15) is 0 Å².